The van der Waals surface area contributed by atoms with E-state index in [1.807, 2.05) is 17.5 Å². The fraction of sp³-hybridized carbons (Fsp3) is 0.375. The van der Waals surface area contributed by atoms with Crippen LogP contribution in [0.15, 0.2) is 33.9 Å². The largest absolute Gasteiger partial charge is 0.477 e. The first-order valence-corrected chi connectivity index (χ1v) is 9.84. The maximum atomic E-state index is 12.5. The molecule has 0 aromatic carbocycles. The molecule has 2 aliphatic heterocycles. The van der Waals surface area contributed by atoms with Gasteiger partial charge in [0.1, 0.15) is 23.7 Å². The summed E-state index contributed by atoms with van der Waals surface area (Å²) < 4.78 is 0. The van der Waals surface area contributed by atoms with E-state index < -0.39 is 23.3 Å². The summed E-state index contributed by atoms with van der Waals surface area (Å²) in [7, 11) is 0. The molecule has 2 aliphatic rings. The molecule has 138 valence electrons. The van der Waals surface area contributed by atoms with Crippen LogP contribution in [-0.2, 0) is 25.6 Å². The molecule has 2 atom stereocenters. The highest BCUT2D eigenvalue weighted by atomic mass is 32.2. The van der Waals surface area contributed by atoms with E-state index in [0.29, 0.717) is 17.9 Å². The molecular weight excluding hydrogens is 378 g/mol. The Labute approximate surface area is 157 Å². The van der Waals surface area contributed by atoms with Crippen LogP contribution in [0, 0.1) is 0 Å². The Hall–Kier alpha value is -2.33. The highest BCUT2D eigenvalue weighted by molar-refractivity contribution is 8.00. The van der Waals surface area contributed by atoms with Crippen LogP contribution in [0.1, 0.15) is 11.8 Å². The number of thioether (sulfide) groups is 1. The summed E-state index contributed by atoms with van der Waals surface area (Å²) in [6, 6.07) is 2.99. The number of carboxylic acid groups (broad SMARTS) is 1. The molecule has 1 unspecified atom stereocenters. The molecule has 3 heterocycles. The van der Waals surface area contributed by atoms with Crippen molar-refractivity contribution >= 4 is 47.1 Å². The number of carboxylic acids is 1. The maximum absolute atomic E-state index is 12.5. The lowest BCUT2D eigenvalue weighted by Gasteiger charge is -2.49. The predicted molar refractivity (Wildman–Crippen MR) is 97.8 cm³/mol. The van der Waals surface area contributed by atoms with Crippen molar-refractivity contribution in [1.82, 2.24) is 10.2 Å². The normalized spacial score (nSPS) is 22.2. The Kier molecular flexibility index (Phi) is 5.62. The third-order valence-corrected chi connectivity index (χ3v) is 6.02. The molecule has 0 radical (unpaired) electrons. The van der Waals surface area contributed by atoms with E-state index in [1.165, 1.54) is 34.2 Å². The maximum Gasteiger partial charge on any atom is 0.353 e. The van der Waals surface area contributed by atoms with E-state index in [9.17, 15) is 19.5 Å². The fourth-order valence-electron chi connectivity index (χ4n) is 2.71. The molecule has 1 aromatic rings. The van der Waals surface area contributed by atoms with Crippen LogP contribution in [0.25, 0.3) is 0 Å². The van der Waals surface area contributed by atoms with Gasteiger partial charge in [0.15, 0.2) is 0 Å². The molecule has 1 fully saturated rings. The van der Waals surface area contributed by atoms with Gasteiger partial charge in [-0.15, -0.1) is 23.1 Å². The summed E-state index contributed by atoms with van der Waals surface area (Å²) in [6.45, 7) is 2.13. The molecule has 2 amide bonds. The van der Waals surface area contributed by atoms with Gasteiger partial charge in [-0.3, -0.25) is 14.5 Å². The third-order valence-electron chi connectivity index (χ3n) is 3.84. The first-order valence-electron chi connectivity index (χ1n) is 7.91. The summed E-state index contributed by atoms with van der Waals surface area (Å²) in [5.74, 6) is -1.52. The van der Waals surface area contributed by atoms with Gasteiger partial charge in [0.2, 0.25) is 5.91 Å². The molecule has 2 N–H and O–H groups in total. The number of rotatable bonds is 7. The first-order chi connectivity index (χ1) is 12.5. The van der Waals surface area contributed by atoms with Gasteiger partial charge >= 0.3 is 5.97 Å². The fourth-order valence-corrected chi connectivity index (χ4v) is 4.71. The second-order valence-electron chi connectivity index (χ2n) is 5.54. The van der Waals surface area contributed by atoms with Crippen molar-refractivity contribution < 1.29 is 24.3 Å². The average Bonchev–Trinajstić information content (AvgIpc) is 3.12. The zero-order valence-electron chi connectivity index (χ0n) is 13.9. The van der Waals surface area contributed by atoms with Crippen molar-refractivity contribution in [2.24, 2.45) is 5.16 Å². The van der Waals surface area contributed by atoms with Crippen LogP contribution in [0.3, 0.4) is 0 Å². The van der Waals surface area contributed by atoms with E-state index >= 15 is 0 Å². The topological polar surface area (TPSA) is 108 Å². The lowest BCUT2D eigenvalue weighted by Crippen LogP contribution is -2.70. The Morgan fingerprint density at radius 1 is 1.54 bits per heavy atom. The number of nitrogens with zero attached hydrogens (tertiary/aromatic N) is 2. The molecule has 26 heavy (non-hydrogen) atoms. The summed E-state index contributed by atoms with van der Waals surface area (Å²) in [5, 5.41) is 17.4. The SMILES string of the molecule is CCON=CC1=C(C(=O)O)N2C(=O)C(NC(=O)Cc3cccs3)[C@@H]2SC1. The van der Waals surface area contributed by atoms with Crippen molar-refractivity contribution in [2.75, 3.05) is 12.4 Å². The highest BCUT2D eigenvalue weighted by Gasteiger charge is 2.54. The lowest BCUT2D eigenvalue weighted by molar-refractivity contribution is -0.150. The average molecular weight is 395 g/mol. The van der Waals surface area contributed by atoms with Crippen molar-refractivity contribution in [2.45, 2.75) is 24.8 Å². The van der Waals surface area contributed by atoms with Crippen LogP contribution in [0.2, 0.25) is 0 Å². The molecule has 0 saturated carbocycles. The van der Waals surface area contributed by atoms with Crippen LogP contribution in [0.5, 0.6) is 0 Å². The van der Waals surface area contributed by atoms with Crippen LogP contribution in [0.4, 0.5) is 0 Å². The number of hydrogen-bond acceptors (Lipinski definition) is 7. The molecule has 3 rings (SSSR count). The number of nitrogens with one attached hydrogen (secondary N) is 1. The molecule has 0 spiro atoms. The van der Waals surface area contributed by atoms with Crippen molar-refractivity contribution in [3.63, 3.8) is 0 Å². The van der Waals surface area contributed by atoms with Gasteiger partial charge in [0.25, 0.3) is 5.91 Å². The number of aliphatic carboxylic acids is 1. The van der Waals surface area contributed by atoms with Gasteiger partial charge in [-0.1, -0.05) is 11.2 Å². The lowest BCUT2D eigenvalue weighted by atomic mass is 10.0. The zero-order valence-corrected chi connectivity index (χ0v) is 15.5. The third kappa shape index (κ3) is 3.61. The van der Waals surface area contributed by atoms with E-state index in [0.717, 1.165) is 4.88 Å². The number of carbonyl (C=O) groups is 3. The number of hydrogen-bond donors (Lipinski definition) is 2. The minimum Gasteiger partial charge on any atom is -0.477 e. The quantitative estimate of drug-likeness (QED) is 0.406. The van der Waals surface area contributed by atoms with E-state index in [4.69, 9.17) is 4.84 Å². The van der Waals surface area contributed by atoms with Crippen LogP contribution < -0.4 is 5.32 Å². The first kappa shape index (κ1) is 18.5. The van der Waals surface area contributed by atoms with Crippen molar-refractivity contribution in [1.29, 1.82) is 0 Å². The van der Waals surface area contributed by atoms with Gasteiger partial charge in [-0.25, -0.2) is 4.79 Å². The van der Waals surface area contributed by atoms with Crippen molar-refractivity contribution in [3.8, 4) is 0 Å². The predicted octanol–water partition coefficient (Wildman–Crippen LogP) is 1.05. The Morgan fingerprint density at radius 3 is 3.00 bits per heavy atom. The van der Waals surface area contributed by atoms with E-state index in [2.05, 4.69) is 10.5 Å². The summed E-state index contributed by atoms with van der Waals surface area (Å²) in [4.78, 5) is 43.2. The van der Waals surface area contributed by atoms with E-state index in [1.54, 1.807) is 6.92 Å². The van der Waals surface area contributed by atoms with Crippen LogP contribution >= 0.6 is 23.1 Å². The van der Waals surface area contributed by atoms with Gasteiger partial charge in [0, 0.05) is 16.2 Å². The molecule has 0 aliphatic carbocycles. The highest BCUT2D eigenvalue weighted by Crippen LogP contribution is 2.39. The summed E-state index contributed by atoms with van der Waals surface area (Å²) in [5.41, 5.74) is 0.301. The minimum absolute atomic E-state index is 0.106. The second-order valence-corrected chi connectivity index (χ2v) is 7.68. The number of thiophene rings is 1. The summed E-state index contributed by atoms with van der Waals surface area (Å²) >= 11 is 2.86. The Morgan fingerprint density at radius 2 is 2.35 bits per heavy atom. The smallest absolute Gasteiger partial charge is 0.353 e. The zero-order chi connectivity index (χ0) is 18.7. The molecule has 0 bridgehead atoms. The number of oxime groups is 1. The minimum atomic E-state index is -1.20. The van der Waals surface area contributed by atoms with E-state index in [-0.39, 0.29) is 18.0 Å². The Balaban J connectivity index is 1.70. The second kappa shape index (κ2) is 7.92. The number of carbonyl (C=O) groups excluding carboxylic acids is 2. The van der Waals surface area contributed by atoms with Gasteiger partial charge in [0.05, 0.1) is 12.6 Å². The molecule has 8 nitrogen and oxygen atoms in total. The standard InChI is InChI=1S/C16H17N3O5S2/c1-2-24-17-7-9-8-26-15-12(14(21)19(15)13(9)16(22)23)18-11(20)6-10-4-3-5-25-10/h3-5,7,12,15H,2,6,8H2,1H3,(H,18,20)(H,22,23)/t12?,15-/m0/s1. The van der Waals surface area contributed by atoms with Gasteiger partial charge in [-0.2, -0.15) is 0 Å². The van der Waals surface area contributed by atoms with Gasteiger partial charge in [-0.05, 0) is 18.4 Å². The van der Waals surface area contributed by atoms with Crippen molar-refractivity contribution in [3.05, 3.63) is 33.7 Å². The Bertz CT molecular complexity index is 775. The molecular formula is C16H17N3O5S2. The monoisotopic (exact) mass is 395 g/mol. The molecule has 10 heteroatoms. The summed E-state index contributed by atoms with van der Waals surface area (Å²) in [6.07, 6.45) is 1.53. The van der Waals surface area contributed by atoms with Gasteiger partial charge < -0.3 is 15.3 Å². The molecule has 1 saturated heterocycles. The number of amides is 2. The molecule has 1 aromatic heterocycles. The van der Waals surface area contributed by atoms with Crippen LogP contribution in [-0.4, -0.2) is 57.8 Å². The number of β-lactam (4-membered cyclic amide) rings is 1. The number of fused-ring (bicyclic) bond motifs is 1.